The van der Waals surface area contributed by atoms with Crippen molar-refractivity contribution in [3.8, 4) is 11.5 Å². The van der Waals surface area contributed by atoms with Crippen LogP contribution in [-0.4, -0.2) is 4.98 Å². The second kappa shape index (κ2) is 4.82. The molecule has 1 heterocycles. The molecule has 0 saturated carbocycles. The van der Waals surface area contributed by atoms with E-state index in [0.29, 0.717) is 15.6 Å². The fourth-order valence-electron chi connectivity index (χ4n) is 2.27. The van der Waals surface area contributed by atoms with E-state index in [1.54, 1.807) is 0 Å². The molecule has 1 aromatic heterocycles. The van der Waals surface area contributed by atoms with Crippen LogP contribution in [0.5, 0.6) is 0 Å². The van der Waals surface area contributed by atoms with Crippen LogP contribution in [0.4, 0.5) is 0 Å². The van der Waals surface area contributed by atoms with Crippen molar-refractivity contribution in [3.05, 3.63) is 45.3 Å². The highest BCUT2D eigenvalue weighted by molar-refractivity contribution is 7.71. The van der Waals surface area contributed by atoms with Crippen molar-refractivity contribution in [1.82, 2.24) is 4.98 Å². The van der Waals surface area contributed by atoms with Crippen molar-refractivity contribution in [3.63, 3.8) is 0 Å². The second-order valence-corrected chi connectivity index (χ2v) is 5.21. The van der Waals surface area contributed by atoms with E-state index in [1.807, 2.05) is 24.3 Å². The molecule has 0 unspecified atom stereocenters. The average molecular weight is 278 g/mol. The number of aromatic nitrogens is 1. The molecule has 0 bridgehead atoms. The molecule has 4 heteroatoms. The summed E-state index contributed by atoms with van der Waals surface area (Å²) in [5, 5.41) is 0.638. The molecule has 92 valence electrons. The van der Waals surface area contributed by atoms with Gasteiger partial charge in [0.15, 0.2) is 0 Å². The molecule has 0 fully saturated rings. The second-order valence-electron chi connectivity index (χ2n) is 4.41. The fourth-order valence-corrected chi connectivity index (χ4v) is 2.78. The molecular weight excluding hydrogens is 266 g/mol. The van der Waals surface area contributed by atoms with Gasteiger partial charge >= 0.3 is 0 Å². The Balaban J connectivity index is 2.17. The zero-order chi connectivity index (χ0) is 12.5. The van der Waals surface area contributed by atoms with Crippen molar-refractivity contribution in [2.24, 2.45) is 0 Å². The molecule has 0 spiro atoms. The van der Waals surface area contributed by atoms with Gasteiger partial charge in [0.2, 0.25) is 5.89 Å². The van der Waals surface area contributed by atoms with Gasteiger partial charge in [-0.25, -0.2) is 4.98 Å². The van der Waals surface area contributed by atoms with E-state index in [0.717, 1.165) is 36.1 Å². The molecule has 0 saturated heterocycles. The minimum absolute atomic E-state index is 0.534. The van der Waals surface area contributed by atoms with Gasteiger partial charge in [-0.15, -0.1) is 0 Å². The van der Waals surface area contributed by atoms with Crippen molar-refractivity contribution < 1.29 is 4.42 Å². The number of hydrogen-bond acceptors (Lipinski definition) is 3. The predicted molar refractivity (Wildman–Crippen MR) is 74.4 cm³/mol. The lowest BCUT2D eigenvalue weighted by molar-refractivity contribution is 0.449. The van der Waals surface area contributed by atoms with Crippen molar-refractivity contribution in [1.29, 1.82) is 0 Å². The number of rotatable bonds is 1. The van der Waals surface area contributed by atoms with E-state index < -0.39 is 0 Å². The van der Waals surface area contributed by atoms with Gasteiger partial charge in [0, 0.05) is 12.0 Å². The largest absolute Gasteiger partial charge is 0.442 e. The molecule has 0 radical (unpaired) electrons. The van der Waals surface area contributed by atoms with Crippen LogP contribution in [0.25, 0.3) is 11.5 Å². The van der Waals surface area contributed by atoms with Crippen LogP contribution < -0.4 is 0 Å². The molecule has 2 nitrogen and oxygen atoms in total. The van der Waals surface area contributed by atoms with E-state index in [9.17, 15) is 0 Å². The van der Waals surface area contributed by atoms with Crippen LogP contribution in [0.15, 0.2) is 28.7 Å². The molecule has 0 amide bonds. The number of aryl methyl sites for hydroxylation is 1. The van der Waals surface area contributed by atoms with Gasteiger partial charge < -0.3 is 4.42 Å². The summed E-state index contributed by atoms with van der Waals surface area (Å²) in [4.78, 5) is 4.38. The first-order valence-corrected chi connectivity index (χ1v) is 6.82. The van der Waals surface area contributed by atoms with Gasteiger partial charge in [0.05, 0.1) is 10.6 Å². The molecule has 0 atom stereocenters. The summed E-state index contributed by atoms with van der Waals surface area (Å²) in [7, 11) is 0. The van der Waals surface area contributed by atoms with Gasteiger partial charge in [-0.05, 0) is 31.4 Å². The summed E-state index contributed by atoms with van der Waals surface area (Å²) in [5.74, 6) is 1.52. The Kier molecular flexibility index (Phi) is 3.18. The van der Waals surface area contributed by atoms with Crippen molar-refractivity contribution in [2.75, 3.05) is 0 Å². The predicted octanol–water partition coefficient (Wildman–Crippen LogP) is 4.60. The van der Waals surface area contributed by atoms with Gasteiger partial charge in [0.25, 0.3) is 0 Å². The topological polar surface area (TPSA) is 26.0 Å². The highest BCUT2D eigenvalue weighted by Crippen LogP contribution is 2.30. The van der Waals surface area contributed by atoms with Gasteiger partial charge in [-0.1, -0.05) is 36.0 Å². The minimum atomic E-state index is 0.534. The zero-order valence-corrected chi connectivity index (χ0v) is 11.4. The standard InChI is InChI=1S/C14H12ClNOS/c15-11-7-3-1-5-9(11)13-16-14(18)10-6-2-4-8-12(10)17-13/h1,3,5,7H,2,4,6,8H2. The highest BCUT2D eigenvalue weighted by atomic mass is 35.5. The Labute approximate surface area is 116 Å². The van der Waals surface area contributed by atoms with Crippen LogP contribution in [-0.2, 0) is 12.8 Å². The first-order chi connectivity index (χ1) is 8.75. The average Bonchev–Trinajstić information content (AvgIpc) is 2.39. The maximum absolute atomic E-state index is 6.16. The summed E-state index contributed by atoms with van der Waals surface area (Å²) in [6.07, 6.45) is 4.24. The Morgan fingerprint density at radius 1 is 1.17 bits per heavy atom. The number of halogens is 1. The van der Waals surface area contributed by atoms with Gasteiger partial charge in [-0.2, -0.15) is 0 Å². The SMILES string of the molecule is S=c1nc(-c2ccccc2Cl)oc2c1CCCC2. The summed E-state index contributed by atoms with van der Waals surface area (Å²) in [6, 6.07) is 7.54. The van der Waals surface area contributed by atoms with Crippen molar-refractivity contribution >= 4 is 23.8 Å². The lowest BCUT2D eigenvalue weighted by atomic mass is 9.98. The zero-order valence-electron chi connectivity index (χ0n) is 9.78. The minimum Gasteiger partial charge on any atom is -0.442 e. The van der Waals surface area contributed by atoms with Crippen LogP contribution in [0.3, 0.4) is 0 Å². The number of nitrogens with zero attached hydrogens (tertiary/aromatic N) is 1. The molecule has 0 aliphatic heterocycles. The Hall–Kier alpha value is -1.19. The normalized spacial score (nSPS) is 14.3. The smallest absolute Gasteiger partial charge is 0.228 e. The fraction of sp³-hybridized carbons (Fsp3) is 0.286. The van der Waals surface area contributed by atoms with Crippen LogP contribution in [0, 0.1) is 4.64 Å². The molecule has 1 aliphatic rings. The maximum Gasteiger partial charge on any atom is 0.228 e. The Bertz CT molecular complexity index is 650. The van der Waals surface area contributed by atoms with E-state index in [1.165, 1.54) is 6.42 Å². The third-order valence-electron chi connectivity index (χ3n) is 3.20. The van der Waals surface area contributed by atoms with Crippen LogP contribution >= 0.6 is 23.8 Å². The number of hydrogen-bond donors (Lipinski definition) is 0. The number of fused-ring (bicyclic) bond motifs is 1. The summed E-state index contributed by atoms with van der Waals surface area (Å²) >= 11 is 11.5. The highest BCUT2D eigenvalue weighted by Gasteiger charge is 2.17. The van der Waals surface area contributed by atoms with Gasteiger partial charge in [0.1, 0.15) is 10.4 Å². The lowest BCUT2D eigenvalue weighted by Crippen LogP contribution is -2.05. The number of benzene rings is 1. The van der Waals surface area contributed by atoms with E-state index in [2.05, 4.69) is 4.98 Å². The summed E-state index contributed by atoms with van der Waals surface area (Å²) < 4.78 is 6.54. The van der Waals surface area contributed by atoms with E-state index in [-0.39, 0.29) is 0 Å². The van der Waals surface area contributed by atoms with Crippen LogP contribution in [0.1, 0.15) is 24.2 Å². The first-order valence-electron chi connectivity index (χ1n) is 6.03. The van der Waals surface area contributed by atoms with E-state index in [4.69, 9.17) is 28.2 Å². The van der Waals surface area contributed by atoms with Crippen molar-refractivity contribution in [2.45, 2.75) is 25.7 Å². The molecule has 18 heavy (non-hydrogen) atoms. The Morgan fingerprint density at radius 2 is 1.94 bits per heavy atom. The molecule has 1 aromatic carbocycles. The summed E-state index contributed by atoms with van der Waals surface area (Å²) in [6.45, 7) is 0. The monoisotopic (exact) mass is 277 g/mol. The van der Waals surface area contributed by atoms with E-state index >= 15 is 0 Å². The van der Waals surface area contributed by atoms with Gasteiger partial charge in [-0.3, -0.25) is 0 Å². The molecule has 1 aliphatic carbocycles. The Morgan fingerprint density at radius 3 is 2.78 bits per heavy atom. The third-order valence-corrected chi connectivity index (χ3v) is 3.87. The van der Waals surface area contributed by atoms with Crippen LogP contribution in [0.2, 0.25) is 5.02 Å². The molecule has 2 aromatic rings. The lowest BCUT2D eigenvalue weighted by Gasteiger charge is -2.15. The summed E-state index contributed by atoms with van der Waals surface area (Å²) in [5.41, 5.74) is 1.91. The molecular formula is C14H12ClNOS. The molecule has 0 N–H and O–H groups in total. The maximum atomic E-state index is 6.16. The molecule has 3 rings (SSSR count). The first kappa shape index (κ1) is 11.9. The third kappa shape index (κ3) is 2.08. The quantitative estimate of drug-likeness (QED) is 0.712.